The maximum atomic E-state index is 15.3. The number of carbonyl (C=O) groups is 5. The molecule has 3 N–H and O–H groups in total. The number of Topliss-reactive ketones (excluding diaryl/α,β-unsaturated/α-hetero) is 1. The number of rotatable bonds is 15. The monoisotopic (exact) mass is 785 g/mol. The van der Waals surface area contributed by atoms with E-state index >= 15 is 8.78 Å². The Bertz CT molecular complexity index is 1830. The van der Waals surface area contributed by atoms with Crippen molar-refractivity contribution >= 4 is 41.1 Å². The van der Waals surface area contributed by atoms with E-state index in [2.05, 4.69) is 5.32 Å². The molecular weight excluding hydrogens is 748 g/mol. The summed E-state index contributed by atoms with van der Waals surface area (Å²) in [6, 6.07) is 7.83. The maximum absolute atomic E-state index is 15.3. The molecule has 3 amide bonds. The van der Waals surface area contributed by atoms with Crippen LogP contribution in [0.25, 0.3) is 0 Å². The van der Waals surface area contributed by atoms with Crippen LogP contribution in [0.4, 0.5) is 26.3 Å². The molecule has 0 fully saturated rings. The Morgan fingerprint density at radius 2 is 1.43 bits per heavy atom. The number of hydrogen-bond acceptors (Lipinski definition) is 7. The highest BCUT2D eigenvalue weighted by atomic mass is 35.5. The molecule has 0 spiro atoms. The molecular formula is C37H38ClF6N3O7. The molecule has 3 aromatic carbocycles. The second kappa shape index (κ2) is 17.8. The van der Waals surface area contributed by atoms with Gasteiger partial charge in [0.1, 0.15) is 29.3 Å². The first-order valence-corrected chi connectivity index (χ1v) is 16.7. The van der Waals surface area contributed by atoms with Crippen LogP contribution >= 0.6 is 11.6 Å². The lowest BCUT2D eigenvalue weighted by molar-refractivity contribution is -0.175. The molecule has 0 bridgehead atoms. The number of esters is 1. The molecule has 0 aliphatic heterocycles. The van der Waals surface area contributed by atoms with Crippen LogP contribution in [0.1, 0.15) is 57.4 Å². The second-order valence-corrected chi connectivity index (χ2v) is 13.9. The number of amides is 3. The Hall–Kier alpha value is -5.12. The van der Waals surface area contributed by atoms with Crippen LogP contribution in [0.5, 0.6) is 5.75 Å². The Labute approximate surface area is 311 Å². The molecule has 0 unspecified atom stereocenters. The van der Waals surface area contributed by atoms with Gasteiger partial charge in [0.25, 0.3) is 11.7 Å². The molecule has 0 aliphatic carbocycles. The standard InChI is InChI=1S/C37H38ClF6N3O7/c1-20(2)29(31(49)37(42,43)44)46-33(51)30(22-12-14-26(15-13-22)53-19-28(48)54-35(3,4)5)47-32(50)27(17-21-8-6-11-25(39)16-21)45-34(52)36(40,41)23-9-7-10-24(38)18-23/h6-16,18,20,27,29-30H,17,19H2,1-5H3,(H,45,52)(H,46,51)(H,47,50)/t27-,29-,30-/m0/s1. The van der Waals surface area contributed by atoms with Crippen molar-refractivity contribution in [3.05, 3.63) is 100 Å². The Morgan fingerprint density at radius 3 is 1.98 bits per heavy atom. The van der Waals surface area contributed by atoms with Crippen LogP contribution in [0.15, 0.2) is 72.8 Å². The summed E-state index contributed by atoms with van der Waals surface area (Å²) in [4.78, 5) is 64.9. The average Bonchev–Trinajstić information content (AvgIpc) is 3.06. The zero-order valence-electron chi connectivity index (χ0n) is 29.7. The van der Waals surface area contributed by atoms with Gasteiger partial charge in [-0.25, -0.2) is 9.18 Å². The molecule has 0 saturated carbocycles. The third-order valence-corrected chi connectivity index (χ3v) is 7.72. The highest BCUT2D eigenvalue weighted by molar-refractivity contribution is 6.30. The second-order valence-electron chi connectivity index (χ2n) is 13.4. The zero-order chi connectivity index (χ0) is 40.6. The van der Waals surface area contributed by atoms with Gasteiger partial charge in [-0.05, 0) is 74.2 Å². The van der Waals surface area contributed by atoms with Gasteiger partial charge in [0.15, 0.2) is 6.61 Å². The van der Waals surface area contributed by atoms with Gasteiger partial charge in [0.2, 0.25) is 11.8 Å². The highest BCUT2D eigenvalue weighted by Crippen LogP contribution is 2.30. The van der Waals surface area contributed by atoms with E-state index in [1.807, 2.05) is 10.6 Å². The van der Waals surface area contributed by atoms with E-state index in [4.69, 9.17) is 21.1 Å². The molecule has 3 aromatic rings. The number of carbonyl (C=O) groups excluding carboxylic acids is 5. The normalized spacial score (nSPS) is 13.6. The van der Waals surface area contributed by atoms with Crippen LogP contribution < -0.4 is 20.7 Å². The van der Waals surface area contributed by atoms with Crippen molar-refractivity contribution in [1.29, 1.82) is 0 Å². The molecule has 54 heavy (non-hydrogen) atoms. The lowest BCUT2D eigenvalue weighted by Crippen LogP contribution is -2.56. The third-order valence-electron chi connectivity index (χ3n) is 7.49. The largest absolute Gasteiger partial charge is 0.482 e. The fraction of sp³-hybridized carbons (Fsp3) is 0.378. The Morgan fingerprint density at radius 1 is 0.796 bits per heavy atom. The van der Waals surface area contributed by atoms with Crippen molar-refractivity contribution in [2.75, 3.05) is 6.61 Å². The minimum absolute atomic E-state index is 0.0599. The van der Waals surface area contributed by atoms with Crippen molar-refractivity contribution in [2.24, 2.45) is 5.92 Å². The van der Waals surface area contributed by atoms with Gasteiger partial charge < -0.3 is 25.4 Å². The molecule has 3 rings (SSSR count). The van der Waals surface area contributed by atoms with Crippen LogP contribution in [0.2, 0.25) is 5.02 Å². The first-order chi connectivity index (χ1) is 25.0. The maximum Gasteiger partial charge on any atom is 0.452 e. The number of halogens is 7. The molecule has 0 aromatic heterocycles. The van der Waals surface area contributed by atoms with E-state index in [9.17, 15) is 41.5 Å². The number of ketones is 1. The van der Waals surface area contributed by atoms with E-state index in [0.717, 1.165) is 24.3 Å². The number of benzene rings is 3. The van der Waals surface area contributed by atoms with Gasteiger partial charge in [-0.3, -0.25) is 19.2 Å². The first kappa shape index (κ1) is 43.3. The van der Waals surface area contributed by atoms with Gasteiger partial charge >= 0.3 is 18.1 Å². The lowest BCUT2D eigenvalue weighted by atomic mass is 9.97. The topological polar surface area (TPSA) is 140 Å². The van der Waals surface area contributed by atoms with E-state index in [0.29, 0.717) is 0 Å². The fourth-order valence-electron chi connectivity index (χ4n) is 4.93. The van der Waals surface area contributed by atoms with Crippen molar-refractivity contribution < 1.29 is 59.8 Å². The van der Waals surface area contributed by atoms with Crippen LogP contribution in [-0.4, -0.2) is 59.9 Å². The molecule has 292 valence electrons. The summed E-state index contributed by atoms with van der Waals surface area (Å²) in [7, 11) is 0. The van der Waals surface area contributed by atoms with Gasteiger partial charge in [-0.1, -0.05) is 61.8 Å². The fourth-order valence-corrected chi connectivity index (χ4v) is 5.12. The Kier molecular flexibility index (Phi) is 14.3. The number of nitrogens with one attached hydrogen (secondary N) is 3. The van der Waals surface area contributed by atoms with E-state index in [-0.39, 0.29) is 21.9 Å². The summed E-state index contributed by atoms with van der Waals surface area (Å²) in [5, 5.41) is 6.07. The van der Waals surface area contributed by atoms with Gasteiger partial charge in [0.05, 0.1) is 6.04 Å². The summed E-state index contributed by atoms with van der Waals surface area (Å²) in [5.41, 5.74) is -1.67. The third kappa shape index (κ3) is 12.5. The summed E-state index contributed by atoms with van der Waals surface area (Å²) < 4.78 is 95.7. The van der Waals surface area contributed by atoms with E-state index in [1.165, 1.54) is 62.4 Å². The molecule has 3 atom stereocenters. The molecule has 0 radical (unpaired) electrons. The van der Waals surface area contributed by atoms with Crippen LogP contribution in [-0.2, 0) is 41.1 Å². The minimum Gasteiger partial charge on any atom is -0.482 e. The minimum atomic E-state index is -5.34. The molecule has 17 heteroatoms. The van der Waals surface area contributed by atoms with Crippen molar-refractivity contribution in [3.63, 3.8) is 0 Å². The van der Waals surface area contributed by atoms with Crippen molar-refractivity contribution in [2.45, 2.75) is 76.9 Å². The number of hydrogen-bond donors (Lipinski definition) is 3. The smallest absolute Gasteiger partial charge is 0.452 e. The summed E-state index contributed by atoms with van der Waals surface area (Å²) in [5.74, 6) is -13.6. The van der Waals surface area contributed by atoms with Gasteiger partial charge in [0, 0.05) is 17.0 Å². The number of ether oxygens (including phenoxy) is 2. The zero-order valence-corrected chi connectivity index (χ0v) is 30.4. The van der Waals surface area contributed by atoms with Crippen LogP contribution in [0, 0.1) is 11.7 Å². The molecule has 0 saturated heterocycles. The van der Waals surface area contributed by atoms with Crippen molar-refractivity contribution in [1.82, 2.24) is 16.0 Å². The SMILES string of the molecule is CC(C)[C@H](NC(=O)[C@@H](NC(=O)[C@H](Cc1cccc(F)c1)NC(=O)C(F)(F)c1cccc(Cl)c1)c1ccc(OCC(=O)OC(C)(C)C)cc1)C(=O)C(F)(F)F. The molecule has 10 nitrogen and oxygen atoms in total. The summed E-state index contributed by atoms with van der Waals surface area (Å²) in [6.45, 7) is 6.89. The van der Waals surface area contributed by atoms with Crippen molar-refractivity contribution in [3.8, 4) is 5.75 Å². The predicted octanol–water partition coefficient (Wildman–Crippen LogP) is 6.15. The molecule has 0 aliphatic rings. The van der Waals surface area contributed by atoms with E-state index < -0.39 is 95.6 Å². The number of alkyl halides is 5. The highest BCUT2D eigenvalue weighted by Gasteiger charge is 2.46. The van der Waals surface area contributed by atoms with E-state index in [1.54, 1.807) is 20.8 Å². The molecule has 0 heterocycles. The summed E-state index contributed by atoms with van der Waals surface area (Å²) in [6.07, 6.45) is -5.93. The lowest BCUT2D eigenvalue weighted by Gasteiger charge is -2.28. The predicted molar refractivity (Wildman–Crippen MR) is 184 cm³/mol. The first-order valence-electron chi connectivity index (χ1n) is 16.3. The Balaban J connectivity index is 2.00. The van der Waals surface area contributed by atoms with Gasteiger partial charge in [-0.2, -0.15) is 22.0 Å². The summed E-state index contributed by atoms with van der Waals surface area (Å²) >= 11 is 5.83. The van der Waals surface area contributed by atoms with Crippen LogP contribution in [0.3, 0.4) is 0 Å². The van der Waals surface area contributed by atoms with Gasteiger partial charge in [-0.15, -0.1) is 0 Å². The quantitative estimate of drug-likeness (QED) is 0.124. The average molecular weight is 786 g/mol.